The summed E-state index contributed by atoms with van der Waals surface area (Å²) in [4.78, 5) is 13.9. The van der Waals surface area contributed by atoms with Crippen LogP contribution in [0.1, 0.15) is 26.2 Å². The molecule has 1 atom stereocenters. The van der Waals surface area contributed by atoms with Gasteiger partial charge in [0.15, 0.2) is 5.78 Å². The molecule has 11 heavy (non-hydrogen) atoms. The van der Waals surface area contributed by atoms with Crippen LogP contribution in [0.4, 0.5) is 0 Å². The number of carbonyl (C=O) groups is 1. The second-order valence-corrected chi connectivity index (χ2v) is 3.64. The Bertz CT molecular complexity index is 170. The summed E-state index contributed by atoms with van der Waals surface area (Å²) in [5, 5.41) is 0. The lowest BCUT2D eigenvalue weighted by atomic mass is 9.81. The van der Waals surface area contributed by atoms with Gasteiger partial charge in [0.1, 0.15) is 0 Å². The van der Waals surface area contributed by atoms with E-state index in [0.29, 0.717) is 11.7 Å². The molecule has 3 fully saturated rings. The quantitative estimate of drug-likeness (QED) is 0.561. The number of carbonyl (C=O) groups excluding carboxylic acids is 1. The highest BCUT2D eigenvalue weighted by Crippen LogP contribution is 2.29. The number of ketones is 1. The van der Waals surface area contributed by atoms with Gasteiger partial charge in [-0.15, -0.1) is 0 Å². The predicted octanol–water partition coefficient (Wildman–Crippen LogP) is 1.06. The first kappa shape index (κ1) is 7.29. The first-order valence-electron chi connectivity index (χ1n) is 4.60. The number of piperidine rings is 3. The van der Waals surface area contributed by atoms with Crippen molar-refractivity contribution >= 4 is 5.78 Å². The Kier molecular flexibility index (Phi) is 1.72. The molecule has 2 heteroatoms. The van der Waals surface area contributed by atoms with Crippen molar-refractivity contribution in [1.82, 2.24) is 4.90 Å². The molecule has 0 N–H and O–H groups in total. The van der Waals surface area contributed by atoms with Crippen LogP contribution in [0, 0.1) is 5.92 Å². The number of rotatable bonds is 1. The maximum absolute atomic E-state index is 11.6. The minimum Gasteiger partial charge on any atom is -0.298 e. The third kappa shape index (κ3) is 1.00. The van der Waals surface area contributed by atoms with Gasteiger partial charge in [0, 0.05) is 5.92 Å². The van der Waals surface area contributed by atoms with Crippen LogP contribution < -0.4 is 0 Å². The fraction of sp³-hybridized carbons (Fsp3) is 0.889. The molecule has 2 bridgehead atoms. The van der Waals surface area contributed by atoms with Gasteiger partial charge in [0.2, 0.25) is 0 Å². The summed E-state index contributed by atoms with van der Waals surface area (Å²) in [6, 6.07) is 0.280. The monoisotopic (exact) mass is 153 g/mol. The van der Waals surface area contributed by atoms with E-state index in [0.717, 1.165) is 32.4 Å². The van der Waals surface area contributed by atoms with E-state index in [1.54, 1.807) is 0 Å². The average molecular weight is 153 g/mol. The molecular weight excluding hydrogens is 138 g/mol. The maximum Gasteiger partial charge on any atom is 0.153 e. The SMILES string of the molecule is CCC1C(=O)C2CCN1CC2. The van der Waals surface area contributed by atoms with Crippen molar-refractivity contribution in [3.05, 3.63) is 0 Å². The second kappa shape index (κ2) is 2.59. The minimum absolute atomic E-state index is 0.280. The predicted molar refractivity (Wildman–Crippen MR) is 43.4 cm³/mol. The third-order valence-electron chi connectivity index (χ3n) is 3.09. The van der Waals surface area contributed by atoms with E-state index in [1.165, 1.54) is 0 Å². The van der Waals surface area contributed by atoms with Gasteiger partial charge < -0.3 is 0 Å². The van der Waals surface area contributed by atoms with Gasteiger partial charge in [-0.25, -0.2) is 0 Å². The molecule has 3 saturated heterocycles. The molecule has 0 aliphatic carbocycles. The lowest BCUT2D eigenvalue weighted by molar-refractivity contribution is -0.136. The van der Waals surface area contributed by atoms with Crippen LogP contribution in [0.5, 0.6) is 0 Å². The van der Waals surface area contributed by atoms with Crippen molar-refractivity contribution in [1.29, 1.82) is 0 Å². The second-order valence-electron chi connectivity index (χ2n) is 3.64. The molecule has 0 aromatic carbocycles. The highest BCUT2D eigenvalue weighted by atomic mass is 16.1. The molecule has 3 heterocycles. The Morgan fingerprint density at radius 1 is 1.45 bits per heavy atom. The highest BCUT2D eigenvalue weighted by Gasteiger charge is 2.39. The molecule has 3 aliphatic rings. The summed E-state index contributed by atoms with van der Waals surface area (Å²) >= 11 is 0. The summed E-state index contributed by atoms with van der Waals surface area (Å²) in [7, 11) is 0. The summed E-state index contributed by atoms with van der Waals surface area (Å²) in [6.45, 7) is 4.44. The summed E-state index contributed by atoms with van der Waals surface area (Å²) in [6.07, 6.45) is 3.25. The zero-order valence-electron chi connectivity index (χ0n) is 7.05. The third-order valence-corrected chi connectivity index (χ3v) is 3.09. The normalized spacial score (nSPS) is 43.0. The summed E-state index contributed by atoms with van der Waals surface area (Å²) in [5.74, 6) is 0.940. The molecule has 0 saturated carbocycles. The van der Waals surface area contributed by atoms with Crippen molar-refractivity contribution in [2.24, 2.45) is 5.92 Å². The number of hydrogen-bond acceptors (Lipinski definition) is 2. The van der Waals surface area contributed by atoms with Crippen LogP contribution in [-0.4, -0.2) is 29.8 Å². The Labute approximate surface area is 67.6 Å². The number of nitrogens with zero attached hydrogens (tertiary/aromatic N) is 1. The summed E-state index contributed by atoms with van der Waals surface area (Å²) in [5.41, 5.74) is 0. The van der Waals surface area contributed by atoms with Gasteiger partial charge in [-0.3, -0.25) is 9.69 Å². The molecule has 3 rings (SSSR count). The number of fused-ring (bicyclic) bond motifs is 3. The number of hydrogen-bond donors (Lipinski definition) is 0. The molecule has 0 aromatic heterocycles. The molecule has 62 valence electrons. The first-order chi connectivity index (χ1) is 5.33. The van der Waals surface area contributed by atoms with Crippen molar-refractivity contribution in [2.45, 2.75) is 32.2 Å². The fourth-order valence-corrected chi connectivity index (χ4v) is 2.41. The largest absolute Gasteiger partial charge is 0.298 e. The van der Waals surface area contributed by atoms with Crippen LogP contribution >= 0.6 is 0 Å². The Hall–Kier alpha value is -0.370. The van der Waals surface area contributed by atoms with Crippen LogP contribution in [-0.2, 0) is 4.79 Å². The molecule has 0 amide bonds. The number of Topliss-reactive ketones (excluding diaryl/α,β-unsaturated/α-hetero) is 1. The van der Waals surface area contributed by atoms with Crippen LogP contribution in [0.15, 0.2) is 0 Å². The molecule has 0 spiro atoms. The molecule has 2 nitrogen and oxygen atoms in total. The minimum atomic E-state index is 0.280. The Morgan fingerprint density at radius 2 is 2.09 bits per heavy atom. The van der Waals surface area contributed by atoms with E-state index in [-0.39, 0.29) is 6.04 Å². The molecular formula is C9H15NO. The van der Waals surface area contributed by atoms with E-state index in [4.69, 9.17) is 0 Å². The molecule has 0 radical (unpaired) electrons. The highest BCUT2D eigenvalue weighted by molar-refractivity contribution is 5.87. The summed E-state index contributed by atoms with van der Waals surface area (Å²) < 4.78 is 0. The van der Waals surface area contributed by atoms with Gasteiger partial charge in [-0.1, -0.05) is 6.92 Å². The van der Waals surface area contributed by atoms with E-state index in [9.17, 15) is 4.79 Å². The van der Waals surface area contributed by atoms with Crippen LogP contribution in [0.25, 0.3) is 0 Å². The van der Waals surface area contributed by atoms with Crippen LogP contribution in [0.2, 0.25) is 0 Å². The van der Waals surface area contributed by atoms with Crippen LogP contribution in [0.3, 0.4) is 0 Å². The fourth-order valence-electron chi connectivity index (χ4n) is 2.41. The average Bonchev–Trinajstić information content (AvgIpc) is 2.06. The van der Waals surface area contributed by atoms with E-state index >= 15 is 0 Å². The van der Waals surface area contributed by atoms with Crippen molar-refractivity contribution in [3.63, 3.8) is 0 Å². The maximum atomic E-state index is 11.6. The van der Waals surface area contributed by atoms with Gasteiger partial charge >= 0.3 is 0 Å². The van der Waals surface area contributed by atoms with Gasteiger partial charge in [0.25, 0.3) is 0 Å². The topological polar surface area (TPSA) is 20.3 Å². The Balaban J connectivity index is 2.16. The van der Waals surface area contributed by atoms with Crippen molar-refractivity contribution in [2.75, 3.05) is 13.1 Å². The first-order valence-corrected chi connectivity index (χ1v) is 4.60. The zero-order valence-corrected chi connectivity index (χ0v) is 7.05. The Morgan fingerprint density at radius 3 is 2.45 bits per heavy atom. The van der Waals surface area contributed by atoms with Gasteiger partial charge in [-0.2, -0.15) is 0 Å². The van der Waals surface area contributed by atoms with E-state index in [1.807, 2.05) is 0 Å². The molecule has 1 unspecified atom stereocenters. The lowest BCUT2D eigenvalue weighted by Gasteiger charge is -2.43. The smallest absolute Gasteiger partial charge is 0.153 e. The molecule has 3 aliphatic heterocycles. The molecule has 0 aromatic rings. The lowest BCUT2D eigenvalue weighted by Crippen LogP contribution is -2.54. The van der Waals surface area contributed by atoms with E-state index in [2.05, 4.69) is 11.8 Å². The zero-order chi connectivity index (χ0) is 7.84. The van der Waals surface area contributed by atoms with Gasteiger partial charge in [-0.05, 0) is 32.4 Å². The standard InChI is InChI=1S/C9H15NO/c1-2-8-9(11)7-3-5-10(8)6-4-7/h7-8H,2-6H2,1H3. The van der Waals surface area contributed by atoms with Gasteiger partial charge in [0.05, 0.1) is 6.04 Å². The van der Waals surface area contributed by atoms with Crippen molar-refractivity contribution < 1.29 is 4.79 Å². The van der Waals surface area contributed by atoms with E-state index < -0.39 is 0 Å². The van der Waals surface area contributed by atoms with Crippen molar-refractivity contribution in [3.8, 4) is 0 Å².